The predicted octanol–water partition coefficient (Wildman–Crippen LogP) is 3.82. The van der Waals surface area contributed by atoms with Crippen LogP contribution in [0.3, 0.4) is 0 Å². The maximum absolute atomic E-state index is 13.9. The number of imidazole rings is 1. The molecule has 2 fully saturated rings. The number of nitrogens with zero attached hydrogens (tertiary/aromatic N) is 4. The van der Waals surface area contributed by atoms with Crippen molar-refractivity contribution >= 4 is 29.1 Å². The first-order valence-corrected chi connectivity index (χ1v) is 12.6. The van der Waals surface area contributed by atoms with Gasteiger partial charge in [0.2, 0.25) is 17.7 Å². The molecule has 8 heteroatoms. The molecule has 2 unspecified atom stereocenters. The molecule has 2 saturated heterocycles. The number of aryl methyl sites for hydroxylation is 1. The number of hydrogen-bond donors (Lipinski definition) is 0. The van der Waals surface area contributed by atoms with Gasteiger partial charge in [0.15, 0.2) is 0 Å². The van der Waals surface area contributed by atoms with Gasteiger partial charge < -0.3 is 9.47 Å². The number of imide groups is 1. The van der Waals surface area contributed by atoms with Crippen LogP contribution in [-0.4, -0.2) is 43.6 Å². The zero-order chi connectivity index (χ0) is 23.7. The number of amides is 3. The molecule has 176 valence electrons. The Morgan fingerprint density at radius 1 is 1.15 bits per heavy atom. The molecule has 0 saturated carbocycles. The summed E-state index contributed by atoms with van der Waals surface area (Å²) >= 11 is 1.52. The van der Waals surface area contributed by atoms with E-state index in [1.165, 1.54) is 16.2 Å². The Morgan fingerprint density at radius 2 is 1.97 bits per heavy atom. The first-order valence-electron chi connectivity index (χ1n) is 11.7. The first-order chi connectivity index (χ1) is 16.5. The monoisotopic (exact) mass is 476 g/mol. The lowest BCUT2D eigenvalue weighted by Crippen LogP contribution is -2.46. The largest absolute Gasteiger partial charge is 0.336 e. The Hall–Kier alpha value is -3.26. The minimum Gasteiger partial charge on any atom is -0.336 e. The second kappa shape index (κ2) is 9.18. The Bertz CT molecular complexity index is 1190. The fourth-order valence-corrected chi connectivity index (χ4v) is 5.99. The Morgan fingerprint density at radius 3 is 2.68 bits per heavy atom. The summed E-state index contributed by atoms with van der Waals surface area (Å²) in [5.41, 5.74) is -0.461. The third-order valence-electron chi connectivity index (χ3n) is 7.06. The summed E-state index contributed by atoms with van der Waals surface area (Å²) in [7, 11) is 1.94. The van der Waals surface area contributed by atoms with E-state index in [1.807, 2.05) is 70.6 Å². The topological polar surface area (TPSA) is 75.5 Å². The molecule has 2 aromatic heterocycles. The highest BCUT2D eigenvalue weighted by atomic mass is 32.1. The minimum atomic E-state index is -1.18. The van der Waals surface area contributed by atoms with Crippen LogP contribution in [0.15, 0.2) is 60.2 Å². The number of piperidine rings is 1. The van der Waals surface area contributed by atoms with E-state index >= 15 is 0 Å². The number of carbonyl (C=O) groups excluding carboxylic acids is 3. The lowest BCUT2D eigenvalue weighted by molar-refractivity contribution is -0.144. The number of hydrogen-bond acceptors (Lipinski definition) is 5. The van der Waals surface area contributed by atoms with Crippen molar-refractivity contribution in [2.75, 3.05) is 6.54 Å². The van der Waals surface area contributed by atoms with Gasteiger partial charge in [0.1, 0.15) is 5.82 Å². The molecule has 1 aromatic carbocycles. The maximum Gasteiger partial charge on any atom is 0.241 e. The molecule has 0 N–H and O–H groups in total. The van der Waals surface area contributed by atoms with Crippen molar-refractivity contribution in [3.63, 3.8) is 0 Å². The molecular weight excluding hydrogens is 448 g/mol. The van der Waals surface area contributed by atoms with Gasteiger partial charge in [-0.2, -0.15) is 0 Å². The number of rotatable bonds is 6. The van der Waals surface area contributed by atoms with E-state index in [-0.39, 0.29) is 43.1 Å². The predicted molar refractivity (Wildman–Crippen MR) is 129 cm³/mol. The summed E-state index contributed by atoms with van der Waals surface area (Å²) in [5, 5.41) is 1.93. The van der Waals surface area contributed by atoms with Crippen LogP contribution in [0.2, 0.25) is 0 Å². The molecule has 5 rings (SSSR count). The van der Waals surface area contributed by atoms with Gasteiger partial charge in [0.05, 0.1) is 18.0 Å². The quantitative estimate of drug-likeness (QED) is 0.507. The molecule has 0 aliphatic carbocycles. The summed E-state index contributed by atoms with van der Waals surface area (Å²) in [6, 6.07) is 13.0. The molecule has 2 atom stereocenters. The second-order valence-corrected chi connectivity index (χ2v) is 10.2. The molecular formula is C26H28N4O3S. The number of carbonyl (C=O) groups is 3. The zero-order valence-electron chi connectivity index (χ0n) is 19.2. The second-order valence-electron chi connectivity index (χ2n) is 9.16. The highest BCUT2D eigenvalue weighted by molar-refractivity contribution is 7.09. The highest BCUT2D eigenvalue weighted by Gasteiger charge is 2.54. The summed E-state index contributed by atoms with van der Waals surface area (Å²) in [6.45, 7) is 0.875. The summed E-state index contributed by atoms with van der Waals surface area (Å²) < 4.78 is 1.95. The Kier molecular flexibility index (Phi) is 6.08. The number of thiophene rings is 1. The van der Waals surface area contributed by atoms with Crippen molar-refractivity contribution in [2.45, 2.75) is 50.1 Å². The van der Waals surface area contributed by atoms with Gasteiger partial charge in [-0.1, -0.05) is 36.4 Å². The van der Waals surface area contributed by atoms with Crippen LogP contribution in [0.4, 0.5) is 0 Å². The normalized spacial score (nSPS) is 23.0. The molecule has 7 nitrogen and oxygen atoms in total. The first kappa shape index (κ1) is 22.5. The zero-order valence-corrected chi connectivity index (χ0v) is 20.0. The van der Waals surface area contributed by atoms with E-state index in [0.29, 0.717) is 6.54 Å². The molecule has 0 spiro atoms. The number of aromatic nitrogens is 2. The molecule has 0 radical (unpaired) electrons. The van der Waals surface area contributed by atoms with Gasteiger partial charge in [-0.05, 0) is 36.3 Å². The van der Waals surface area contributed by atoms with Crippen LogP contribution in [-0.2, 0) is 33.4 Å². The van der Waals surface area contributed by atoms with Crippen LogP contribution in [0.1, 0.15) is 54.4 Å². The van der Waals surface area contributed by atoms with Gasteiger partial charge >= 0.3 is 0 Å². The third kappa shape index (κ3) is 3.96. The standard InChI is InChI=1S/C26H28N4O3S/c1-28-14-12-27-24(28)21-11-5-6-13-29(21)22(31)16-26(19-8-3-2-4-9-19)17-23(32)30(25(26)33)18-20-10-7-15-34-20/h2-4,7-10,12,14-15,21H,5-6,11,13,16-18H2,1H3. The van der Waals surface area contributed by atoms with Crippen molar-refractivity contribution < 1.29 is 14.4 Å². The Balaban J connectivity index is 1.47. The fraction of sp³-hybridized carbons (Fsp3) is 0.385. The molecule has 2 aliphatic rings. The van der Waals surface area contributed by atoms with E-state index in [9.17, 15) is 14.4 Å². The van der Waals surface area contributed by atoms with Crippen LogP contribution in [0, 0.1) is 0 Å². The van der Waals surface area contributed by atoms with Gasteiger partial charge in [-0.15, -0.1) is 11.3 Å². The minimum absolute atomic E-state index is 0.00781. The van der Waals surface area contributed by atoms with Gasteiger partial charge in [-0.25, -0.2) is 4.98 Å². The summed E-state index contributed by atoms with van der Waals surface area (Å²) in [5.74, 6) is 0.246. The third-order valence-corrected chi connectivity index (χ3v) is 7.92. The molecule has 3 aromatic rings. The van der Waals surface area contributed by atoms with E-state index in [2.05, 4.69) is 4.98 Å². The number of benzene rings is 1. The van der Waals surface area contributed by atoms with Gasteiger partial charge in [0.25, 0.3) is 0 Å². The van der Waals surface area contributed by atoms with Gasteiger partial charge in [-0.3, -0.25) is 19.3 Å². The van der Waals surface area contributed by atoms with E-state index in [1.54, 1.807) is 6.20 Å². The van der Waals surface area contributed by atoms with E-state index in [4.69, 9.17) is 0 Å². The SMILES string of the molecule is Cn1ccnc1C1CCCCN1C(=O)CC1(c2ccccc2)CC(=O)N(Cc2cccs2)C1=O. The van der Waals surface area contributed by atoms with E-state index < -0.39 is 5.41 Å². The van der Waals surface area contributed by atoms with Crippen LogP contribution in [0.25, 0.3) is 0 Å². The molecule has 0 bridgehead atoms. The van der Waals surface area contributed by atoms with E-state index in [0.717, 1.165) is 35.5 Å². The summed E-state index contributed by atoms with van der Waals surface area (Å²) in [4.78, 5) is 49.5. The molecule has 2 aliphatic heterocycles. The molecule has 4 heterocycles. The Labute approximate surface area is 203 Å². The van der Waals surface area contributed by atoms with Crippen molar-refractivity contribution in [2.24, 2.45) is 7.05 Å². The smallest absolute Gasteiger partial charge is 0.241 e. The van der Waals surface area contributed by atoms with Crippen molar-refractivity contribution in [3.8, 4) is 0 Å². The maximum atomic E-state index is 13.9. The van der Waals surface area contributed by atoms with Crippen molar-refractivity contribution in [1.82, 2.24) is 19.4 Å². The average molecular weight is 477 g/mol. The lowest BCUT2D eigenvalue weighted by Gasteiger charge is -2.37. The molecule has 34 heavy (non-hydrogen) atoms. The molecule has 3 amide bonds. The lowest BCUT2D eigenvalue weighted by atomic mass is 9.75. The van der Waals surface area contributed by atoms with Crippen molar-refractivity contribution in [1.29, 1.82) is 0 Å². The van der Waals surface area contributed by atoms with Crippen molar-refractivity contribution in [3.05, 3.63) is 76.5 Å². The highest BCUT2D eigenvalue weighted by Crippen LogP contribution is 2.42. The van der Waals surface area contributed by atoms with Crippen LogP contribution in [0.5, 0.6) is 0 Å². The van der Waals surface area contributed by atoms with Gasteiger partial charge in [0, 0.05) is 43.7 Å². The number of likely N-dealkylation sites (tertiary alicyclic amines) is 2. The average Bonchev–Trinajstić information content (AvgIpc) is 3.58. The van der Waals surface area contributed by atoms with Crippen LogP contribution < -0.4 is 0 Å². The summed E-state index contributed by atoms with van der Waals surface area (Å²) in [6.07, 6.45) is 6.41. The van der Waals surface area contributed by atoms with Crippen LogP contribution >= 0.6 is 11.3 Å². The fourth-order valence-electron chi connectivity index (χ4n) is 5.30.